The summed E-state index contributed by atoms with van der Waals surface area (Å²) < 4.78 is 0. The highest BCUT2D eigenvalue weighted by Gasteiger charge is 2.31. The standard InChI is InChI=1S/C17H20N2O4/c1-10(17(22)23)16(21)18-13-5-6-14-12(8-13)4-7-15(20)19(14)9-11-2-3-11/h5-6,8,10-11H,2-4,7,9H2,1H3,(H,18,21)(H,22,23). The van der Waals surface area contributed by atoms with Crippen LogP contribution in [-0.4, -0.2) is 29.4 Å². The first-order valence-corrected chi connectivity index (χ1v) is 7.92. The van der Waals surface area contributed by atoms with Crippen molar-refractivity contribution in [3.63, 3.8) is 0 Å². The van der Waals surface area contributed by atoms with Gasteiger partial charge in [-0.05, 0) is 55.9 Å². The fraction of sp³-hybridized carbons (Fsp3) is 0.471. The molecular formula is C17H20N2O4. The van der Waals surface area contributed by atoms with Gasteiger partial charge in [-0.2, -0.15) is 0 Å². The van der Waals surface area contributed by atoms with E-state index in [2.05, 4.69) is 5.32 Å². The number of rotatable bonds is 5. The van der Waals surface area contributed by atoms with Crippen molar-refractivity contribution in [3.8, 4) is 0 Å². The highest BCUT2D eigenvalue weighted by atomic mass is 16.4. The Balaban J connectivity index is 1.77. The first-order chi connectivity index (χ1) is 11.0. The van der Waals surface area contributed by atoms with E-state index in [1.165, 1.54) is 19.8 Å². The number of nitrogens with zero attached hydrogens (tertiary/aromatic N) is 1. The van der Waals surface area contributed by atoms with Crippen LogP contribution >= 0.6 is 0 Å². The Morgan fingerprint density at radius 2 is 2.09 bits per heavy atom. The highest BCUT2D eigenvalue weighted by Crippen LogP contribution is 2.36. The lowest BCUT2D eigenvalue weighted by atomic mass is 10.00. The predicted octanol–water partition coefficient (Wildman–Crippen LogP) is 2.03. The number of hydrogen-bond acceptors (Lipinski definition) is 3. The van der Waals surface area contributed by atoms with Crippen LogP contribution in [0.3, 0.4) is 0 Å². The number of fused-ring (bicyclic) bond motifs is 1. The minimum Gasteiger partial charge on any atom is -0.481 e. The third kappa shape index (κ3) is 3.36. The van der Waals surface area contributed by atoms with Gasteiger partial charge in [0.1, 0.15) is 5.92 Å². The molecular weight excluding hydrogens is 296 g/mol. The number of carboxylic acids is 1. The molecule has 1 aromatic carbocycles. The van der Waals surface area contributed by atoms with E-state index >= 15 is 0 Å². The van der Waals surface area contributed by atoms with E-state index in [0.717, 1.165) is 17.8 Å². The van der Waals surface area contributed by atoms with Gasteiger partial charge in [0.15, 0.2) is 0 Å². The molecule has 0 saturated heterocycles. The van der Waals surface area contributed by atoms with Crippen molar-refractivity contribution in [2.24, 2.45) is 11.8 Å². The van der Waals surface area contributed by atoms with Crippen LogP contribution in [0.15, 0.2) is 18.2 Å². The second kappa shape index (κ2) is 6.02. The summed E-state index contributed by atoms with van der Waals surface area (Å²) >= 11 is 0. The molecule has 3 rings (SSSR count). The van der Waals surface area contributed by atoms with Crippen LogP contribution in [-0.2, 0) is 20.8 Å². The van der Waals surface area contributed by atoms with Crippen LogP contribution < -0.4 is 10.2 Å². The Hall–Kier alpha value is -2.37. The normalized spacial score (nSPS) is 18.3. The first kappa shape index (κ1) is 15.5. The van der Waals surface area contributed by atoms with Crippen LogP contribution in [0, 0.1) is 11.8 Å². The van der Waals surface area contributed by atoms with Crippen LogP contribution in [0.4, 0.5) is 11.4 Å². The molecule has 1 saturated carbocycles. The summed E-state index contributed by atoms with van der Waals surface area (Å²) in [5, 5.41) is 11.5. The first-order valence-electron chi connectivity index (χ1n) is 7.92. The second-order valence-electron chi connectivity index (χ2n) is 6.34. The zero-order valence-corrected chi connectivity index (χ0v) is 13.0. The van der Waals surface area contributed by atoms with Gasteiger partial charge in [-0.3, -0.25) is 14.4 Å². The van der Waals surface area contributed by atoms with E-state index in [1.807, 2.05) is 17.0 Å². The van der Waals surface area contributed by atoms with Crippen LogP contribution in [0.1, 0.15) is 31.7 Å². The Labute approximate surface area is 134 Å². The van der Waals surface area contributed by atoms with E-state index in [0.29, 0.717) is 24.4 Å². The van der Waals surface area contributed by atoms with Crippen molar-refractivity contribution in [3.05, 3.63) is 23.8 Å². The van der Waals surface area contributed by atoms with Crippen molar-refractivity contribution < 1.29 is 19.5 Å². The zero-order chi connectivity index (χ0) is 16.6. The number of aryl methyl sites for hydroxylation is 1. The molecule has 6 heteroatoms. The van der Waals surface area contributed by atoms with Crippen molar-refractivity contribution in [1.29, 1.82) is 0 Å². The monoisotopic (exact) mass is 316 g/mol. The molecule has 1 aliphatic carbocycles. The topological polar surface area (TPSA) is 86.7 Å². The summed E-state index contributed by atoms with van der Waals surface area (Å²) in [7, 11) is 0. The SMILES string of the molecule is CC(C(=O)O)C(=O)Nc1ccc2c(c1)CCC(=O)N2CC1CC1. The van der Waals surface area contributed by atoms with Crippen molar-refractivity contribution >= 4 is 29.2 Å². The van der Waals surface area contributed by atoms with Gasteiger partial charge in [0.25, 0.3) is 0 Å². The summed E-state index contributed by atoms with van der Waals surface area (Å²) in [5.41, 5.74) is 2.51. The molecule has 2 amide bonds. The number of amides is 2. The second-order valence-corrected chi connectivity index (χ2v) is 6.34. The number of aliphatic carboxylic acids is 1. The number of carbonyl (C=O) groups is 3. The molecule has 2 N–H and O–H groups in total. The molecule has 23 heavy (non-hydrogen) atoms. The van der Waals surface area contributed by atoms with E-state index in [-0.39, 0.29) is 5.91 Å². The molecule has 0 spiro atoms. The highest BCUT2D eigenvalue weighted by molar-refractivity contribution is 6.04. The molecule has 0 bridgehead atoms. The van der Waals surface area contributed by atoms with Crippen LogP contribution in [0.25, 0.3) is 0 Å². The molecule has 0 radical (unpaired) electrons. The summed E-state index contributed by atoms with van der Waals surface area (Å²) in [6.45, 7) is 2.12. The van der Waals surface area contributed by atoms with Crippen molar-refractivity contribution in [2.45, 2.75) is 32.6 Å². The van der Waals surface area contributed by atoms with Crippen LogP contribution in [0.5, 0.6) is 0 Å². The number of hydrogen-bond donors (Lipinski definition) is 2. The molecule has 1 unspecified atom stereocenters. The van der Waals surface area contributed by atoms with E-state index in [1.54, 1.807) is 6.07 Å². The van der Waals surface area contributed by atoms with Gasteiger partial charge in [-0.15, -0.1) is 0 Å². The van der Waals surface area contributed by atoms with Gasteiger partial charge in [-0.25, -0.2) is 0 Å². The Morgan fingerprint density at radius 3 is 2.74 bits per heavy atom. The number of nitrogens with one attached hydrogen (secondary N) is 1. The maximum absolute atomic E-state index is 12.1. The Morgan fingerprint density at radius 1 is 1.35 bits per heavy atom. The molecule has 1 aliphatic heterocycles. The van der Waals surface area contributed by atoms with Gasteiger partial charge in [-0.1, -0.05) is 0 Å². The van der Waals surface area contributed by atoms with Gasteiger partial charge in [0, 0.05) is 24.3 Å². The maximum atomic E-state index is 12.1. The number of carboxylic acid groups (broad SMARTS) is 1. The summed E-state index contributed by atoms with van der Waals surface area (Å²) in [4.78, 5) is 36.7. The van der Waals surface area contributed by atoms with Crippen molar-refractivity contribution in [1.82, 2.24) is 0 Å². The van der Waals surface area contributed by atoms with Gasteiger partial charge in [0.05, 0.1) is 0 Å². The zero-order valence-electron chi connectivity index (χ0n) is 13.0. The minimum atomic E-state index is -1.15. The maximum Gasteiger partial charge on any atom is 0.315 e. The van der Waals surface area contributed by atoms with Gasteiger partial charge in [0.2, 0.25) is 11.8 Å². The minimum absolute atomic E-state index is 0.153. The lowest BCUT2D eigenvalue weighted by molar-refractivity contribution is -0.144. The summed E-state index contributed by atoms with van der Waals surface area (Å²) in [6, 6.07) is 5.41. The molecule has 0 aromatic heterocycles. The Bertz CT molecular complexity index is 667. The van der Waals surface area contributed by atoms with Gasteiger partial charge >= 0.3 is 5.97 Å². The molecule has 1 atom stereocenters. The quantitative estimate of drug-likeness (QED) is 0.814. The Kier molecular flexibility index (Phi) is 4.07. The number of benzene rings is 1. The average Bonchev–Trinajstić information content (AvgIpc) is 3.33. The lowest BCUT2D eigenvalue weighted by Crippen LogP contribution is -2.36. The molecule has 6 nitrogen and oxygen atoms in total. The third-order valence-electron chi connectivity index (χ3n) is 4.45. The molecule has 1 fully saturated rings. The summed E-state index contributed by atoms with van der Waals surface area (Å²) in [6.07, 6.45) is 3.48. The van der Waals surface area contributed by atoms with Crippen LogP contribution in [0.2, 0.25) is 0 Å². The third-order valence-corrected chi connectivity index (χ3v) is 4.45. The molecule has 1 aromatic rings. The molecule has 122 valence electrons. The summed E-state index contributed by atoms with van der Waals surface area (Å²) in [5.74, 6) is -2.03. The fourth-order valence-electron chi connectivity index (χ4n) is 2.76. The number of anilines is 2. The van der Waals surface area contributed by atoms with E-state index in [4.69, 9.17) is 5.11 Å². The van der Waals surface area contributed by atoms with Crippen molar-refractivity contribution in [2.75, 3.05) is 16.8 Å². The molecule has 2 aliphatic rings. The molecule has 1 heterocycles. The van der Waals surface area contributed by atoms with E-state index < -0.39 is 17.8 Å². The average molecular weight is 316 g/mol. The predicted molar refractivity (Wildman–Crippen MR) is 85.3 cm³/mol. The lowest BCUT2D eigenvalue weighted by Gasteiger charge is -2.30. The smallest absolute Gasteiger partial charge is 0.315 e. The van der Waals surface area contributed by atoms with Gasteiger partial charge < -0.3 is 15.3 Å². The van der Waals surface area contributed by atoms with E-state index in [9.17, 15) is 14.4 Å². The number of carbonyl (C=O) groups excluding carboxylic acids is 2. The largest absolute Gasteiger partial charge is 0.481 e. The fourth-order valence-corrected chi connectivity index (χ4v) is 2.76.